The van der Waals surface area contributed by atoms with Gasteiger partial charge in [-0.25, -0.2) is 13.6 Å². The van der Waals surface area contributed by atoms with Crippen LogP contribution in [0.5, 0.6) is 0 Å². The molecule has 0 fully saturated rings. The molecule has 2 aromatic carbocycles. The predicted molar refractivity (Wildman–Crippen MR) is 111 cm³/mol. The molecule has 10 heteroatoms. The van der Waals surface area contributed by atoms with Gasteiger partial charge in [0.2, 0.25) is 0 Å². The van der Waals surface area contributed by atoms with E-state index in [1.54, 1.807) is 23.7 Å². The minimum Gasteiger partial charge on any atom is -0.365 e. The maximum Gasteiger partial charge on any atom is 0.322 e. The highest BCUT2D eigenvalue weighted by Crippen LogP contribution is 2.29. The third-order valence-corrected chi connectivity index (χ3v) is 5.29. The van der Waals surface area contributed by atoms with E-state index in [9.17, 15) is 18.4 Å². The summed E-state index contributed by atoms with van der Waals surface area (Å²) < 4.78 is 29.1. The molecular formula is C22H18F2N6O2. The van der Waals surface area contributed by atoms with Crippen molar-refractivity contribution in [1.82, 2.24) is 14.7 Å². The van der Waals surface area contributed by atoms with Gasteiger partial charge >= 0.3 is 6.03 Å². The van der Waals surface area contributed by atoms with Gasteiger partial charge in [-0.2, -0.15) is 10.4 Å². The first-order chi connectivity index (χ1) is 15.3. The number of rotatable bonds is 3. The number of aryl methyl sites for hydroxylation is 1. The maximum atomic E-state index is 13.8. The maximum absolute atomic E-state index is 13.8. The van der Waals surface area contributed by atoms with E-state index < -0.39 is 17.8 Å². The minimum atomic E-state index is -0.739. The highest BCUT2D eigenvalue weighted by atomic mass is 19.1. The average molecular weight is 436 g/mol. The molecule has 0 radical (unpaired) electrons. The Morgan fingerprint density at radius 2 is 1.94 bits per heavy atom. The van der Waals surface area contributed by atoms with Crippen molar-refractivity contribution in [2.75, 3.05) is 11.9 Å². The molecule has 8 nitrogen and oxygen atoms in total. The number of hydrogen-bond acceptors (Lipinski definition) is 4. The standard InChI is InChI=1S/C22H18F2N6O2/c1-12-8-13(3-5-16(12)23)20-19(21(26)31)18-11-29(6-7-30(18)28-20)22(32)27-15-4-2-14(10-25)17(24)9-15/h2-5,8-9H,6-7,11H2,1H3,(H2,26,31)(H,27,32). The molecule has 162 valence electrons. The summed E-state index contributed by atoms with van der Waals surface area (Å²) in [7, 11) is 0. The third kappa shape index (κ3) is 3.76. The number of amides is 3. The molecule has 0 unspecified atom stereocenters. The molecular weight excluding hydrogens is 418 g/mol. The number of primary amides is 1. The molecule has 3 amide bonds. The summed E-state index contributed by atoms with van der Waals surface area (Å²) in [6.07, 6.45) is 0. The Morgan fingerprint density at radius 1 is 1.16 bits per heavy atom. The van der Waals surface area contributed by atoms with Gasteiger partial charge in [-0.05, 0) is 48.9 Å². The molecule has 0 spiro atoms. The molecule has 0 saturated heterocycles. The zero-order chi connectivity index (χ0) is 23.0. The predicted octanol–water partition coefficient (Wildman–Crippen LogP) is 3.16. The Morgan fingerprint density at radius 3 is 2.59 bits per heavy atom. The molecule has 4 rings (SSSR count). The van der Waals surface area contributed by atoms with E-state index in [1.165, 1.54) is 29.2 Å². The van der Waals surface area contributed by atoms with Crippen molar-refractivity contribution in [2.24, 2.45) is 5.73 Å². The number of fused-ring (bicyclic) bond motifs is 1. The second kappa shape index (κ2) is 8.11. The molecule has 0 bridgehead atoms. The first-order valence-corrected chi connectivity index (χ1v) is 9.70. The van der Waals surface area contributed by atoms with Crippen molar-refractivity contribution in [3.05, 3.63) is 70.4 Å². The summed E-state index contributed by atoms with van der Waals surface area (Å²) in [5, 5.41) is 15.9. The Bertz CT molecular complexity index is 1290. The van der Waals surface area contributed by atoms with E-state index in [-0.39, 0.29) is 29.2 Å². The number of carbonyl (C=O) groups excluding carboxylic acids is 2. The van der Waals surface area contributed by atoms with Crippen LogP contribution in [0.2, 0.25) is 0 Å². The van der Waals surface area contributed by atoms with Gasteiger partial charge in [-0.3, -0.25) is 9.48 Å². The Balaban J connectivity index is 1.61. The summed E-state index contributed by atoms with van der Waals surface area (Å²) in [6.45, 7) is 2.26. The molecule has 1 aliphatic rings. The number of urea groups is 1. The number of anilines is 1. The van der Waals surface area contributed by atoms with Crippen LogP contribution in [0.4, 0.5) is 19.3 Å². The number of nitrogens with zero attached hydrogens (tertiary/aromatic N) is 4. The number of nitrogens with one attached hydrogen (secondary N) is 1. The Labute approximate surface area is 181 Å². The lowest BCUT2D eigenvalue weighted by molar-refractivity contribution is 0.0997. The fourth-order valence-electron chi connectivity index (χ4n) is 3.63. The van der Waals surface area contributed by atoms with Crippen molar-refractivity contribution in [3.63, 3.8) is 0 Å². The molecule has 3 aromatic rings. The fraction of sp³-hybridized carbons (Fsp3) is 0.182. The summed E-state index contributed by atoms with van der Waals surface area (Å²) in [4.78, 5) is 26.4. The van der Waals surface area contributed by atoms with Gasteiger partial charge in [0.05, 0.1) is 29.9 Å². The van der Waals surface area contributed by atoms with E-state index in [2.05, 4.69) is 10.4 Å². The number of carbonyl (C=O) groups is 2. The van der Waals surface area contributed by atoms with E-state index >= 15 is 0 Å². The number of aromatic nitrogens is 2. The van der Waals surface area contributed by atoms with Gasteiger partial charge in [0, 0.05) is 17.8 Å². The Hall–Kier alpha value is -4.26. The van der Waals surface area contributed by atoms with Crippen LogP contribution in [0, 0.1) is 29.9 Å². The molecule has 2 heterocycles. The van der Waals surface area contributed by atoms with Crippen molar-refractivity contribution in [2.45, 2.75) is 20.0 Å². The van der Waals surface area contributed by atoms with Crippen LogP contribution in [0.25, 0.3) is 11.3 Å². The highest BCUT2D eigenvalue weighted by molar-refractivity contribution is 6.00. The van der Waals surface area contributed by atoms with Gasteiger partial charge in [0.25, 0.3) is 5.91 Å². The lowest BCUT2D eigenvalue weighted by Gasteiger charge is -2.28. The molecule has 1 aromatic heterocycles. The first-order valence-electron chi connectivity index (χ1n) is 9.70. The monoisotopic (exact) mass is 436 g/mol. The van der Waals surface area contributed by atoms with Gasteiger partial charge in [0.1, 0.15) is 23.4 Å². The second-order valence-electron chi connectivity index (χ2n) is 7.38. The highest BCUT2D eigenvalue weighted by Gasteiger charge is 2.30. The van der Waals surface area contributed by atoms with Crippen LogP contribution >= 0.6 is 0 Å². The number of nitrogens with two attached hydrogens (primary N) is 1. The van der Waals surface area contributed by atoms with Crippen LogP contribution in [-0.4, -0.2) is 33.2 Å². The van der Waals surface area contributed by atoms with E-state index in [0.29, 0.717) is 35.6 Å². The summed E-state index contributed by atoms with van der Waals surface area (Å²) in [5.74, 6) is -1.82. The first kappa shape index (κ1) is 21.0. The Kier molecular flexibility index (Phi) is 5.32. The van der Waals surface area contributed by atoms with Crippen LogP contribution in [0.15, 0.2) is 36.4 Å². The molecule has 3 N–H and O–H groups in total. The van der Waals surface area contributed by atoms with Crippen LogP contribution in [0.1, 0.15) is 27.2 Å². The molecule has 0 saturated carbocycles. The van der Waals surface area contributed by atoms with Crippen LogP contribution in [-0.2, 0) is 13.1 Å². The topological polar surface area (TPSA) is 117 Å². The normalized spacial score (nSPS) is 12.8. The van der Waals surface area contributed by atoms with Crippen molar-refractivity contribution in [3.8, 4) is 17.3 Å². The smallest absolute Gasteiger partial charge is 0.322 e. The SMILES string of the molecule is Cc1cc(-c2nn3c(c2C(N)=O)CN(C(=O)Nc2ccc(C#N)c(F)c2)CC3)ccc1F. The minimum absolute atomic E-state index is 0.0516. The second-order valence-corrected chi connectivity index (χ2v) is 7.38. The van der Waals surface area contributed by atoms with E-state index in [1.807, 2.05) is 0 Å². The zero-order valence-corrected chi connectivity index (χ0v) is 17.0. The fourth-order valence-corrected chi connectivity index (χ4v) is 3.63. The van der Waals surface area contributed by atoms with Gasteiger partial charge < -0.3 is 16.0 Å². The average Bonchev–Trinajstić information content (AvgIpc) is 3.14. The van der Waals surface area contributed by atoms with Gasteiger partial charge in [-0.15, -0.1) is 0 Å². The lowest BCUT2D eigenvalue weighted by atomic mass is 10.0. The molecule has 1 aliphatic heterocycles. The van der Waals surface area contributed by atoms with E-state index in [0.717, 1.165) is 6.07 Å². The third-order valence-electron chi connectivity index (χ3n) is 5.29. The van der Waals surface area contributed by atoms with E-state index in [4.69, 9.17) is 11.0 Å². The summed E-state index contributed by atoms with van der Waals surface area (Å²) in [6, 6.07) is 9.38. The van der Waals surface area contributed by atoms with Crippen molar-refractivity contribution in [1.29, 1.82) is 5.26 Å². The largest absolute Gasteiger partial charge is 0.365 e. The number of benzene rings is 2. The lowest BCUT2D eigenvalue weighted by Crippen LogP contribution is -2.41. The van der Waals surface area contributed by atoms with Crippen molar-refractivity contribution >= 4 is 17.6 Å². The summed E-state index contributed by atoms with van der Waals surface area (Å²) in [5.41, 5.74) is 7.59. The van der Waals surface area contributed by atoms with Gasteiger partial charge in [-0.1, -0.05) is 0 Å². The number of halogens is 2. The quantitative estimate of drug-likeness (QED) is 0.656. The molecule has 0 aliphatic carbocycles. The van der Waals surface area contributed by atoms with Crippen LogP contribution in [0.3, 0.4) is 0 Å². The molecule has 0 atom stereocenters. The van der Waals surface area contributed by atoms with Crippen molar-refractivity contribution < 1.29 is 18.4 Å². The summed E-state index contributed by atoms with van der Waals surface area (Å²) >= 11 is 0. The van der Waals surface area contributed by atoms with Gasteiger partial charge in [0.15, 0.2) is 0 Å². The number of nitriles is 1. The molecule has 32 heavy (non-hydrogen) atoms. The van der Waals surface area contributed by atoms with Crippen LogP contribution < -0.4 is 11.1 Å². The zero-order valence-electron chi connectivity index (χ0n) is 17.0. The number of hydrogen-bond donors (Lipinski definition) is 2.